The Morgan fingerprint density at radius 1 is 1.11 bits per heavy atom. The Hall–Kier alpha value is -3.55. The Morgan fingerprint density at radius 3 is 2.61 bits per heavy atom. The normalized spacial score (nSPS) is 12.4. The number of nitrogens with one attached hydrogen (secondary N) is 2. The molecule has 0 radical (unpaired) electrons. The average Bonchev–Trinajstić information content (AvgIpc) is 3.33. The van der Waals surface area contributed by atoms with Gasteiger partial charge in [0.2, 0.25) is 11.7 Å². The van der Waals surface area contributed by atoms with Crippen molar-refractivity contribution in [1.29, 1.82) is 0 Å². The molecule has 142 valence electrons. The first-order chi connectivity index (χ1) is 13.6. The quantitative estimate of drug-likeness (QED) is 0.540. The van der Waals surface area contributed by atoms with Gasteiger partial charge in [-0.1, -0.05) is 56.3 Å². The zero-order valence-electron chi connectivity index (χ0n) is 15.7. The molecule has 0 fully saturated rings. The number of aromatic nitrogens is 6. The van der Waals surface area contributed by atoms with Gasteiger partial charge in [-0.25, -0.2) is 4.98 Å². The van der Waals surface area contributed by atoms with Crippen LogP contribution < -0.4 is 5.32 Å². The van der Waals surface area contributed by atoms with Crippen LogP contribution in [0.1, 0.15) is 25.7 Å². The molecule has 4 aromatic rings. The number of para-hydroxylation sites is 2. The Labute approximate surface area is 162 Å². The summed E-state index contributed by atoms with van der Waals surface area (Å²) in [5.41, 5.74) is 2.68. The predicted molar refractivity (Wildman–Crippen MR) is 105 cm³/mol. The van der Waals surface area contributed by atoms with Gasteiger partial charge in [0.05, 0.1) is 17.1 Å². The van der Waals surface area contributed by atoms with Gasteiger partial charge < -0.3 is 10.3 Å². The van der Waals surface area contributed by atoms with Crippen LogP contribution in [0.2, 0.25) is 0 Å². The highest BCUT2D eigenvalue weighted by Crippen LogP contribution is 2.22. The Bertz CT molecular complexity index is 1050. The lowest BCUT2D eigenvalue weighted by molar-refractivity contribution is -0.123. The van der Waals surface area contributed by atoms with E-state index in [2.05, 4.69) is 30.7 Å². The summed E-state index contributed by atoms with van der Waals surface area (Å²) in [6, 6.07) is 17.1. The number of carbonyl (C=O) groups is 1. The van der Waals surface area contributed by atoms with Crippen LogP contribution in [0, 0.1) is 5.92 Å². The Kier molecular flexibility index (Phi) is 4.84. The number of rotatable bonds is 6. The van der Waals surface area contributed by atoms with Crippen LogP contribution in [0.4, 0.5) is 0 Å². The SMILES string of the molecule is CC(C)[C@@H](NC(=O)Cn1nnc(-c2ccccc2)n1)c1nc2ccccc2[nH]1. The number of tetrazole rings is 1. The molecule has 8 heteroatoms. The molecule has 8 nitrogen and oxygen atoms in total. The first kappa shape index (κ1) is 17.8. The third-order valence-corrected chi connectivity index (χ3v) is 4.46. The van der Waals surface area contributed by atoms with Crippen LogP contribution in [0.15, 0.2) is 54.6 Å². The number of hydrogen-bond donors (Lipinski definition) is 2. The molecule has 2 N–H and O–H groups in total. The maximum Gasteiger partial charge on any atom is 0.244 e. The minimum Gasteiger partial charge on any atom is -0.344 e. The lowest BCUT2D eigenvalue weighted by Gasteiger charge is -2.20. The summed E-state index contributed by atoms with van der Waals surface area (Å²) in [6.07, 6.45) is 0. The number of hydrogen-bond acceptors (Lipinski definition) is 5. The zero-order chi connectivity index (χ0) is 19.5. The van der Waals surface area contributed by atoms with Crippen molar-refractivity contribution in [3.63, 3.8) is 0 Å². The van der Waals surface area contributed by atoms with E-state index in [0.717, 1.165) is 22.4 Å². The van der Waals surface area contributed by atoms with Gasteiger partial charge in [0, 0.05) is 5.56 Å². The van der Waals surface area contributed by atoms with E-state index in [1.165, 1.54) is 4.80 Å². The van der Waals surface area contributed by atoms with Crippen LogP contribution in [0.3, 0.4) is 0 Å². The topological polar surface area (TPSA) is 101 Å². The van der Waals surface area contributed by atoms with E-state index < -0.39 is 0 Å². The fraction of sp³-hybridized carbons (Fsp3) is 0.250. The second kappa shape index (κ2) is 7.59. The molecular formula is C20H21N7O. The van der Waals surface area contributed by atoms with Crippen LogP contribution >= 0.6 is 0 Å². The van der Waals surface area contributed by atoms with Crippen molar-refractivity contribution in [2.75, 3.05) is 0 Å². The van der Waals surface area contributed by atoms with Crippen LogP contribution in [-0.4, -0.2) is 36.1 Å². The lowest BCUT2D eigenvalue weighted by atomic mass is 10.0. The molecule has 2 aromatic heterocycles. The molecule has 28 heavy (non-hydrogen) atoms. The van der Waals surface area contributed by atoms with Gasteiger partial charge in [0.15, 0.2) is 0 Å². The van der Waals surface area contributed by atoms with E-state index in [9.17, 15) is 4.79 Å². The molecule has 0 aliphatic rings. The van der Waals surface area contributed by atoms with Crippen molar-refractivity contribution in [3.8, 4) is 11.4 Å². The number of nitrogens with zero attached hydrogens (tertiary/aromatic N) is 5. The molecule has 0 saturated carbocycles. The van der Waals surface area contributed by atoms with E-state index in [-0.39, 0.29) is 24.4 Å². The highest BCUT2D eigenvalue weighted by molar-refractivity contribution is 5.77. The van der Waals surface area contributed by atoms with E-state index in [0.29, 0.717) is 5.82 Å². The van der Waals surface area contributed by atoms with Gasteiger partial charge in [-0.05, 0) is 23.3 Å². The molecule has 2 heterocycles. The third-order valence-electron chi connectivity index (χ3n) is 4.46. The lowest BCUT2D eigenvalue weighted by Crippen LogP contribution is -2.35. The fourth-order valence-corrected chi connectivity index (χ4v) is 3.03. The molecule has 0 aliphatic carbocycles. The summed E-state index contributed by atoms with van der Waals surface area (Å²) < 4.78 is 0. The zero-order valence-corrected chi connectivity index (χ0v) is 15.7. The first-order valence-corrected chi connectivity index (χ1v) is 9.17. The number of aromatic amines is 1. The minimum atomic E-state index is -0.239. The standard InChI is InChI=1S/C20H21N7O/c1-13(2)18(20-21-15-10-6-7-11-16(15)22-20)23-17(28)12-27-25-19(24-26-27)14-8-4-3-5-9-14/h3-11,13,18H,12H2,1-2H3,(H,21,22)(H,23,28)/t18-/m1/s1. The van der Waals surface area contributed by atoms with E-state index in [1.807, 2.05) is 68.4 Å². The molecule has 0 bridgehead atoms. The fourth-order valence-electron chi connectivity index (χ4n) is 3.03. The maximum absolute atomic E-state index is 12.6. The van der Waals surface area contributed by atoms with Gasteiger partial charge in [0.1, 0.15) is 12.4 Å². The van der Waals surface area contributed by atoms with Crippen molar-refractivity contribution in [1.82, 2.24) is 35.5 Å². The van der Waals surface area contributed by atoms with Crippen molar-refractivity contribution < 1.29 is 4.79 Å². The number of benzene rings is 2. The number of carbonyl (C=O) groups excluding carboxylic acids is 1. The Morgan fingerprint density at radius 2 is 1.86 bits per heavy atom. The van der Waals surface area contributed by atoms with E-state index in [4.69, 9.17) is 0 Å². The van der Waals surface area contributed by atoms with Crippen LogP contribution in [0.5, 0.6) is 0 Å². The van der Waals surface area contributed by atoms with Gasteiger partial charge in [0.25, 0.3) is 0 Å². The first-order valence-electron chi connectivity index (χ1n) is 9.17. The van der Waals surface area contributed by atoms with Crippen LogP contribution in [0.25, 0.3) is 22.4 Å². The van der Waals surface area contributed by atoms with Crippen molar-refractivity contribution in [3.05, 3.63) is 60.4 Å². The summed E-state index contributed by atoms with van der Waals surface area (Å²) in [5, 5.41) is 15.3. The van der Waals surface area contributed by atoms with E-state index in [1.54, 1.807) is 0 Å². The summed E-state index contributed by atoms with van der Waals surface area (Å²) in [4.78, 5) is 21.8. The second-order valence-corrected chi connectivity index (χ2v) is 6.94. The van der Waals surface area contributed by atoms with Gasteiger partial charge in [-0.2, -0.15) is 4.80 Å². The molecular weight excluding hydrogens is 354 g/mol. The van der Waals surface area contributed by atoms with Gasteiger partial charge in [-0.3, -0.25) is 4.79 Å². The Balaban J connectivity index is 1.47. The molecule has 0 saturated heterocycles. The minimum absolute atomic E-state index is 0.0106. The molecule has 0 aliphatic heterocycles. The highest BCUT2D eigenvalue weighted by Gasteiger charge is 2.22. The number of amides is 1. The average molecular weight is 375 g/mol. The molecule has 1 amide bonds. The van der Waals surface area contributed by atoms with E-state index >= 15 is 0 Å². The third kappa shape index (κ3) is 3.75. The second-order valence-electron chi connectivity index (χ2n) is 6.94. The van der Waals surface area contributed by atoms with Crippen molar-refractivity contribution >= 4 is 16.9 Å². The number of imidazole rings is 1. The molecule has 0 unspecified atom stereocenters. The predicted octanol–water partition coefficient (Wildman–Crippen LogP) is 2.73. The molecule has 4 rings (SSSR count). The molecule has 0 spiro atoms. The summed E-state index contributed by atoms with van der Waals surface area (Å²) >= 11 is 0. The summed E-state index contributed by atoms with van der Waals surface area (Å²) in [6.45, 7) is 4.07. The van der Waals surface area contributed by atoms with Gasteiger partial charge >= 0.3 is 0 Å². The van der Waals surface area contributed by atoms with Crippen molar-refractivity contribution in [2.24, 2.45) is 5.92 Å². The summed E-state index contributed by atoms with van der Waals surface area (Å²) in [5.74, 6) is 1.19. The maximum atomic E-state index is 12.6. The van der Waals surface area contributed by atoms with Crippen LogP contribution in [-0.2, 0) is 11.3 Å². The van der Waals surface area contributed by atoms with Crippen molar-refractivity contribution in [2.45, 2.75) is 26.4 Å². The molecule has 2 aromatic carbocycles. The summed E-state index contributed by atoms with van der Waals surface area (Å²) in [7, 11) is 0. The molecule has 1 atom stereocenters. The number of fused-ring (bicyclic) bond motifs is 1. The highest BCUT2D eigenvalue weighted by atomic mass is 16.2. The number of H-pyrrole nitrogens is 1. The monoisotopic (exact) mass is 375 g/mol. The smallest absolute Gasteiger partial charge is 0.244 e. The van der Waals surface area contributed by atoms with Gasteiger partial charge in [-0.15, -0.1) is 10.2 Å². The largest absolute Gasteiger partial charge is 0.344 e.